The normalized spacial score (nSPS) is 13.5. The molecule has 0 atom stereocenters. The highest BCUT2D eigenvalue weighted by Crippen LogP contribution is 2.28. The Morgan fingerprint density at radius 2 is 1.60 bits per heavy atom. The van der Waals surface area contributed by atoms with Gasteiger partial charge in [-0.15, -0.1) is 0 Å². The third-order valence-electron chi connectivity index (χ3n) is 2.26. The summed E-state index contributed by atoms with van der Waals surface area (Å²) in [7, 11) is -10.5. The molecule has 25 heavy (non-hydrogen) atoms. The van der Waals surface area contributed by atoms with Crippen molar-refractivity contribution >= 4 is 20.2 Å². The number of rotatable bonds is 7. The van der Waals surface area contributed by atoms with Gasteiger partial charge in [-0.1, -0.05) is 0 Å². The predicted octanol–water partition coefficient (Wildman–Crippen LogP) is 2.36. The van der Waals surface area contributed by atoms with E-state index in [0.717, 1.165) is 6.07 Å². The Labute approximate surface area is 137 Å². The molecule has 0 saturated heterocycles. The quantitative estimate of drug-likeness (QED) is 0.382. The number of hydrogen-bond acceptors (Lipinski definition) is 7. The van der Waals surface area contributed by atoms with Gasteiger partial charge in [-0.25, -0.2) is 4.98 Å². The van der Waals surface area contributed by atoms with Gasteiger partial charge in [0.15, 0.2) is 0 Å². The van der Waals surface area contributed by atoms with Crippen LogP contribution in [0.5, 0.6) is 11.6 Å². The van der Waals surface area contributed by atoms with Crippen molar-refractivity contribution in [2.24, 2.45) is 0 Å². The van der Waals surface area contributed by atoms with Gasteiger partial charge in [0.2, 0.25) is 5.88 Å². The summed E-state index contributed by atoms with van der Waals surface area (Å²) in [5.74, 6) is -2.85. The molecule has 0 bridgehead atoms. The van der Waals surface area contributed by atoms with E-state index in [1.807, 2.05) is 0 Å². The Hall–Kier alpha value is -1.77. The van der Waals surface area contributed by atoms with E-state index in [1.165, 1.54) is 0 Å². The van der Waals surface area contributed by atoms with Crippen molar-refractivity contribution in [1.82, 2.24) is 4.98 Å². The summed E-state index contributed by atoms with van der Waals surface area (Å²) in [6, 6.07) is 1.25. The molecule has 0 unspecified atom stereocenters. The molecule has 0 fully saturated rings. The number of alkyl halides is 6. The number of halogens is 6. The maximum atomic E-state index is 12.2. The smallest absolute Gasteiger partial charge is 0.382 e. The second kappa shape index (κ2) is 7.23. The highest BCUT2D eigenvalue weighted by Gasteiger charge is 2.48. The highest BCUT2D eigenvalue weighted by atomic mass is 32.2. The molecule has 0 aromatic carbocycles. The second-order valence-electron chi connectivity index (χ2n) is 4.38. The lowest BCUT2D eigenvalue weighted by Gasteiger charge is -2.10. The Morgan fingerprint density at radius 3 is 2.12 bits per heavy atom. The first kappa shape index (κ1) is 21.3. The molecule has 7 nitrogen and oxygen atoms in total. The molecule has 1 aromatic rings. The molecule has 0 N–H and O–H groups in total. The Morgan fingerprint density at radius 1 is 1.00 bits per heavy atom. The van der Waals surface area contributed by atoms with Gasteiger partial charge < -0.3 is 8.37 Å². The first-order valence-electron chi connectivity index (χ1n) is 6.07. The average molecular weight is 417 g/mol. The van der Waals surface area contributed by atoms with Crippen LogP contribution in [0.4, 0.5) is 26.3 Å². The van der Waals surface area contributed by atoms with Crippen molar-refractivity contribution in [2.75, 3.05) is 5.75 Å². The van der Waals surface area contributed by atoms with Crippen molar-refractivity contribution in [2.45, 2.75) is 24.5 Å². The van der Waals surface area contributed by atoms with E-state index < -0.39 is 62.1 Å². The summed E-state index contributed by atoms with van der Waals surface area (Å²) in [5, 5.41) is 0. The molecular weight excluding hydrogens is 408 g/mol. The lowest BCUT2D eigenvalue weighted by Crippen LogP contribution is -2.28. The largest absolute Gasteiger partial charge is 0.534 e. The lowest BCUT2D eigenvalue weighted by molar-refractivity contribution is -0.134. The zero-order chi connectivity index (χ0) is 19.5. The lowest BCUT2D eigenvalue weighted by atomic mass is 10.3. The van der Waals surface area contributed by atoms with Crippen LogP contribution in [0.1, 0.15) is 12.8 Å². The van der Waals surface area contributed by atoms with Crippen LogP contribution in [0, 0.1) is 0 Å². The second-order valence-corrected chi connectivity index (χ2v) is 7.60. The minimum Gasteiger partial charge on any atom is -0.382 e. The Bertz CT molecular complexity index is 802. The van der Waals surface area contributed by atoms with Gasteiger partial charge in [-0.2, -0.15) is 43.2 Å². The van der Waals surface area contributed by atoms with Gasteiger partial charge in [0, 0.05) is 24.8 Å². The summed E-state index contributed by atoms with van der Waals surface area (Å²) in [4.78, 5) is 3.14. The van der Waals surface area contributed by atoms with Crippen LogP contribution >= 0.6 is 0 Å². The van der Waals surface area contributed by atoms with E-state index in [1.54, 1.807) is 0 Å². The molecule has 1 heterocycles. The zero-order valence-electron chi connectivity index (χ0n) is 11.8. The summed E-state index contributed by atoms with van der Waals surface area (Å²) >= 11 is 0. The van der Waals surface area contributed by atoms with Crippen molar-refractivity contribution in [3.63, 3.8) is 0 Å². The Kier molecular flexibility index (Phi) is 6.15. The number of nitrogens with zero attached hydrogens (tertiary/aromatic N) is 1. The maximum Gasteiger partial charge on any atom is 0.534 e. The zero-order valence-corrected chi connectivity index (χ0v) is 13.5. The van der Waals surface area contributed by atoms with Gasteiger partial charge in [0.05, 0.1) is 5.75 Å². The highest BCUT2D eigenvalue weighted by molar-refractivity contribution is 7.88. The van der Waals surface area contributed by atoms with Crippen LogP contribution in [0.2, 0.25) is 0 Å². The molecule has 0 aliphatic heterocycles. The number of hydrogen-bond donors (Lipinski definition) is 0. The van der Waals surface area contributed by atoms with E-state index in [4.69, 9.17) is 0 Å². The minimum atomic E-state index is -6.03. The molecule has 0 aliphatic carbocycles. The van der Waals surface area contributed by atoms with Crippen LogP contribution in [0.3, 0.4) is 0 Å². The molecule has 1 rings (SSSR count). The van der Waals surface area contributed by atoms with Gasteiger partial charge in [0.1, 0.15) is 5.75 Å². The molecular formula is C10H9F6NO6S2. The van der Waals surface area contributed by atoms with Crippen molar-refractivity contribution in [3.8, 4) is 11.6 Å². The van der Waals surface area contributed by atoms with E-state index >= 15 is 0 Å². The van der Waals surface area contributed by atoms with Gasteiger partial charge >= 0.3 is 31.9 Å². The summed E-state index contributed by atoms with van der Waals surface area (Å²) in [6.45, 7) is 0. The van der Waals surface area contributed by atoms with Crippen LogP contribution in [0.15, 0.2) is 18.3 Å². The SMILES string of the molecule is O=S(=O)(CCCC(F)(F)F)Oc1ccnc(OS(=O)(=O)C(F)(F)F)c1. The molecule has 0 saturated carbocycles. The molecule has 0 radical (unpaired) electrons. The van der Waals surface area contributed by atoms with Crippen LogP contribution in [-0.2, 0) is 20.2 Å². The molecule has 0 amide bonds. The maximum absolute atomic E-state index is 12.2. The minimum absolute atomic E-state index is 0.421. The van der Waals surface area contributed by atoms with Gasteiger partial charge in [-0.05, 0) is 6.42 Å². The monoisotopic (exact) mass is 417 g/mol. The fraction of sp³-hybridized carbons (Fsp3) is 0.500. The standard InChI is InChI=1S/C10H9F6NO6S2/c11-9(12,13)3-1-5-24(18,19)22-7-2-4-17-8(6-7)23-25(20,21)10(14,15)16/h2,4,6H,1,3,5H2. The first-order chi connectivity index (χ1) is 11.1. The fourth-order valence-corrected chi connectivity index (χ4v) is 2.67. The number of pyridine rings is 1. The van der Waals surface area contributed by atoms with Crippen molar-refractivity contribution in [1.29, 1.82) is 0 Å². The van der Waals surface area contributed by atoms with Crippen LogP contribution in [-0.4, -0.2) is 39.3 Å². The molecule has 144 valence electrons. The third kappa shape index (κ3) is 7.33. The van der Waals surface area contributed by atoms with Crippen molar-refractivity contribution < 1.29 is 51.5 Å². The molecule has 0 spiro atoms. The molecule has 15 heteroatoms. The van der Waals surface area contributed by atoms with Gasteiger partial charge in [-0.3, -0.25) is 0 Å². The fourth-order valence-electron chi connectivity index (χ4n) is 1.29. The average Bonchev–Trinajstić information content (AvgIpc) is 2.34. The topological polar surface area (TPSA) is 99.6 Å². The van der Waals surface area contributed by atoms with Crippen molar-refractivity contribution in [3.05, 3.63) is 18.3 Å². The van der Waals surface area contributed by atoms with Crippen LogP contribution < -0.4 is 8.37 Å². The van der Waals surface area contributed by atoms with Crippen LogP contribution in [0.25, 0.3) is 0 Å². The summed E-state index contributed by atoms with van der Waals surface area (Å²) < 4.78 is 125. The third-order valence-corrected chi connectivity index (χ3v) is 4.45. The van der Waals surface area contributed by atoms with E-state index in [0.29, 0.717) is 12.3 Å². The Balaban J connectivity index is 2.82. The predicted molar refractivity (Wildman–Crippen MR) is 69.5 cm³/mol. The molecule has 1 aromatic heterocycles. The van der Waals surface area contributed by atoms with Gasteiger partial charge in [0.25, 0.3) is 0 Å². The summed E-state index contributed by atoms with van der Waals surface area (Å²) in [6.07, 6.45) is -6.08. The summed E-state index contributed by atoms with van der Waals surface area (Å²) in [5.41, 5.74) is -5.74. The number of aromatic nitrogens is 1. The first-order valence-corrected chi connectivity index (χ1v) is 9.06. The molecule has 0 aliphatic rings. The van der Waals surface area contributed by atoms with E-state index in [2.05, 4.69) is 13.4 Å². The van der Waals surface area contributed by atoms with E-state index in [-0.39, 0.29) is 0 Å². The van der Waals surface area contributed by atoms with E-state index in [9.17, 15) is 43.2 Å².